The molecule has 1 aromatic carbocycles. The summed E-state index contributed by atoms with van der Waals surface area (Å²) in [6, 6.07) is 8.45. The normalized spacial score (nSPS) is 19.5. The van der Waals surface area contributed by atoms with Gasteiger partial charge in [-0.1, -0.05) is 12.1 Å². The third-order valence-corrected chi connectivity index (χ3v) is 6.77. The molecular weight excluding hydrogens is 335 g/mol. The lowest BCUT2D eigenvalue weighted by Crippen LogP contribution is -2.43. The molecule has 1 spiro atoms. The van der Waals surface area contributed by atoms with Crippen LogP contribution in [0.1, 0.15) is 33.8 Å². The number of benzene rings is 1. The monoisotopic (exact) mass is 358 g/mol. The molecule has 0 atom stereocenters. The van der Waals surface area contributed by atoms with Crippen LogP contribution < -0.4 is 5.32 Å². The fraction of sp³-hybridized carbons (Fsp3) is 0.450. The molecule has 3 nitrogen and oxygen atoms in total. The second-order valence-corrected chi connectivity index (χ2v) is 8.56. The Morgan fingerprint density at radius 2 is 1.92 bits per heavy atom. The van der Waals surface area contributed by atoms with Crippen molar-refractivity contribution in [2.24, 2.45) is 5.41 Å². The maximum atomic E-state index is 13.1. The molecule has 0 aliphatic carbocycles. The highest BCUT2D eigenvalue weighted by Gasteiger charge is 2.38. The summed E-state index contributed by atoms with van der Waals surface area (Å²) in [6.07, 6.45) is 3.43. The molecular formula is C20H23FN2OS. The first-order chi connectivity index (χ1) is 12.1. The number of thiophene rings is 1. The van der Waals surface area contributed by atoms with Gasteiger partial charge < -0.3 is 10.2 Å². The number of halogens is 1. The number of carbonyl (C=O) groups is 1. The van der Waals surface area contributed by atoms with Gasteiger partial charge in [-0.3, -0.25) is 4.79 Å². The van der Waals surface area contributed by atoms with E-state index in [0.717, 1.165) is 59.9 Å². The number of piperidine rings is 1. The molecule has 0 saturated carbocycles. The van der Waals surface area contributed by atoms with Gasteiger partial charge in [-0.2, -0.15) is 0 Å². The predicted molar refractivity (Wildman–Crippen MR) is 99.5 cm³/mol. The summed E-state index contributed by atoms with van der Waals surface area (Å²) >= 11 is 1.54. The SMILES string of the molecule is Cc1sc(C(=O)N2CCC3(CCNC3)CC2)cc1-c1ccc(F)cc1. The van der Waals surface area contributed by atoms with Gasteiger partial charge in [-0.25, -0.2) is 4.39 Å². The Bertz CT molecular complexity index is 767. The van der Waals surface area contributed by atoms with Gasteiger partial charge in [0.05, 0.1) is 4.88 Å². The van der Waals surface area contributed by atoms with Gasteiger partial charge in [0.1, 0.15) is 5.82 Å². The summed E-state index contributed by atoms with van der Waals surface area (Å²) in [5.41, 5.74) is 2.41. The molecule has 2 aromatic rings. The smallest absolute Gasteiger partial charge is 0.263 e. The fourth-order valence-corrected chi connectivity index (χ4v) is 5.08. The Morgan fingerprint density at radius 3 is 2.56 bits per heavy atom. The summed E-state index contributed by atoms with van der Waals surface area (Å²) in [5, 5.41) is 3.46. The van der Waals surface area contributed by atoms with Crippen LogP contribution in [0.3, 0.4) is 0 Å². The topological polar surface area (TPSA) is 32.3 Å². The molecule has 2 saturated heterocycles. The average molecular weight is 358 g/mol. The molecule has 1 aromatic heterocycles. The lowest BCUT2D eigenvalue weighted by Gasteiger charge is -2.38. The Labute approximate surface area is 151 Å². The highest BCUT2D eigenvalue weighted by Crippen LogP contribution is 2.38. The van der Waals surface area contributed by atoms with E-state index >= 15 is 0 Å². The van der Waals surface area contributed by atoms with E-state index < -0.39 is 0 Å². The largest absolute Gasteiger partial charge is 0.338 e. The molecule has 132 valence electrons. The van der Waals surface area contributed by atoms with E-state index in [-0.39, 0.29) is 11.7 Å². The number of hydrogen-bond acceptors (Lipinski definition) is 3. The van der Waals surface area contributed by atoms with Crippen molar-refractivity contribution in [2.45, 2.75) is 26.2 Å². The first-order valence-electron chi connectivity index (χ1n) is 8.93. The van der Waals surface area contributed by atoms with Gasteiger partial charge in [-0.15, -0.1) is 11.3 Å². The van der Waals surface area contributed by atoms with E-state index in [4.69, 9.17) is 0 Å². The minimum atomic E-state index is -0.239. The van der Waals surface area contributed by atoms with Crippen molar-refractivity contribution in [1.82, 2.24) is 10.2 Å². The van der Waals surface area contributed by atoms with Crippen molar-refractivity contribution in [2.75, 3.05) is 26.2 Å². The molecule has 0 radical (unpaired) electrons. The van der Waals surface area contributed by atoms with Crippen LogP contribution in [0.2, 0.25) is 0 Å². The van der Waals surface area contributed by atoms with Gasteiger partial charge in [0.15, 0.2) is 0 Å². The molecule has 0 bridgehead atoms. The number of carbonyl (C=O) groups excluding carboxylic acids is 1. The zero-order valence-electron chi connectivity index (χ0n) is 14.5. The Morgan fingerprint density at radius 1 is 1.20 bits per heavy atom. The van der Waals surface area contributed by atoms with Gasteiger partial charge in [-0.05, 0) is 67.5 Å². The van der Waals surface area contributed by atoms with Gasteiger partial charge in [0.25, 0.3) is 5.91 Å². The molecule has 0 unspecified atom stereocenters. The minimum Gasteiger partial charge on any atom is -0.338 e. The Hall–Kier alpha value is -1.72. The van der Waals surface area contributed by atoms with Crippen LogP contribution in [0.4, 0.5) is 4.39 Å². The molecule has 5 heteroatoms. The summed E-state index contributed by atoms with van der Waals surface area (Å²) in [5.74, 6) is -0.0983. The highest BCUT2D eigenvalue weighted by molar-refractivity contribution is 7.14. The molecule has 4 rings (SSSR count). The van der Waals surface area contributed by atoms with E-state index in [1.807, 2.05) is 17.9 Å². The number of likely N-dealkylation sites (tertiary alicyclic amines) is 1. The highest BCUT2D eigenvalue weighted by atomic mass is 32.1. The summed E-state index contributed by atoms with van der Waals surface area (Å²) < 4.78 is 13.1. The first kappa shape index (κ1) is 16.7. The summed E-state index contributed by atoms with van der Waals surface area (Å²) in [7, 11) is 0. The standard InChI is InChI=1S/C20H23FN2OS/c1-14-17(15-2-4-16(21)5-3-15)12-18(25-14)19(24)23-10-7-20(8-11-23)6-9-22-13-20/h2-5,12,22H,6-11,13H2,1H3. The zero-order chi connectivity index (χ0) is 17.4. The van der Waals surface area contributed by atoms with Gasteiger partial charge >= 0.3 is 0 Å². The second kappa shape index (κ2) is 6.54. The number of amides is 1. The number of rotatable bonds is 2. The van der Waals surface area contributed by atoms with Crippen molar-refractivity contribution in [1.29, 1.82) is 0 Å². The third-order valence-electron chi connectivity index (χ3n) is 5.73. The van der Waals surface area contributed by atoms with Crippen molar-refractivity contribution >= 4 is 17.2 Å². The number of nitrogens with one attached hydrogen (secondary N) is 1. The maximum absolute atomic E-state index is 13.1. The van der Waals surface area contributed by atoms with Crippen LogP contribution in [0, 0.1) is 18.2 Å². The van der Waals surface area contributed by atoms with Crippen LogP contribution >= 0.6 is 11.3 Å². The molecule has 1 N–H and O–H groups in total. The van der Waals surface area contributed by atoms with Crippen LogP contribution in [0.5, 0.6) is 0 Å². The minimum absolute atomic E-state index is 0.141. The first-order valence-corrected chi connectivity index (χ1v) is 9.74. The molecule has 2 aliphatic rings. The van der Waals surface area contributed by atoms with Crippen molar-refractivity contribution in [3.8, 4) is 11.1 Å². The number of aryl methyl sites for hydroxylation is 1. The quantitative estimate of drug-likeness (QED) is 0.877. The van der Waals surface area contributed by atoms with E-state index in [9.17, 15) is 9.18 Å². The molecule has 2 fully saturated rings. The van der Waals surface area contributed by atoms with E-state index in [1.54, 1.807) is 23.5 Å². The molecule has 2 aliphatic heterocycles. The van der Waals surface area contributed by atoms with Crippen LogP contribution in [-0.2, 0) is 0 Å². The number of hydrogen-bond donors (Lipinski definition) is 1. The fourth-order valence-electron chi connectivity index (χ4n) is 4.07. The maximum Gasteiger partial charge on any atom is 0.263 e. The number of nitrogens with zero attached hydrogens (tertiary/aromatic N) is 1. The van der Waals surface area contributed by atoms with Gasteiger partial charge in [0, 0.05) is 24.5 Å². The predicted octanol–water partition coefficient (Wildman–Crippen LogP) is 4.08. The van der Waals surface area contributed by atoms with E-state index in [2.05, 4.69) is 5.32 Å². The lowest BCUT2D eigenvalue weighted by atomic mass is 9.78. The Balaban J connectivity index is 1.49. The van der Waals surface area contributed by atoms with Crippen LogP contribution in [0.25, 0.3) is 11.1 Å². The van der Waals surface area contributed by atoms with Crippen molar-refractivity contribution in [3.05, 3.63) is 45.9 Å². The lowest BCUT2D eigenvalue weighted by molar-refractivity contribution is 0.0612. The molecule has 1 amide bonds. The van der Waals surface area contributed by atoms with Gasteiger partial charge in [0.2, 0.25) is 0 Å². The third kappa shape index (κ3) is 3.23. The Kier molecular flexibility index (Phi) is 4.38. The van der Waals surface area contributed by atoms with E-state index in [1.165, 1.54) is 18.6 Å². The zero-order valence-corrected chi connectivity index (χ0v) is 15.3. The van der Waals surface area contributed by atoms with Crippen molar-refractivity contribution < 1.29 is 9.18 Å². The molecule has 25 heavy (non-hydrogen) atoms. The van der Waals surface area contributed by atoms with Crippen LogP contribution in [0.15, 0.2) is 30.3 Å². The average Bonchev–Trinajstić information content (AvgIpc) is 3.23. The molecule has 3 heterocycles. The summed E-state index contributed by atoms with van der Waals surface area (Å²) in [6.45, 7) is 5.93. The van der Waals surface area contributed by atoms with Crippen molar-refractivity contribution in [3.63, 3.8) is 0 Å². The van der Waals surface area contributed by atoms with E-state index in [0.29, 0.717) is 5.41 Å². The summed E-state index contributed by atoms with van der Waals surface area (Å²) in [4.78, 5) is 16.8. The van der Waals surface area contributed by atoms with Crippen LogP contribution in [-0.4, -0.2) is 37.0 Å². The second-order valence-electron chi connectivity index (χ2n) is 7.31.